The molecule has 3 N–H and O–H groups in total. The summed E-state index contributed by atoms with van der Waals surface area (Å²) in [5, 5.41) is 3.28. The Hall–Kier alpha value is -1.43. The molecule has 0 aliphatic carbocycles. The summed E-state index contributed by atoms with van der Waals surface area (Å²) in [4.78, 5) is 7.50. The number of nitrogens with one attached hydrogen (secondary N) is 1. The lowest BCUT2D eigenvalue weighted by atomic mass is 10.2. The van der Waals surface area contributed by atoms with Crippen molar-refractivity contribution in [3.8, 4) is 6.01 Å². The molecule has 1 saturated heterocycles. The summed E-state index contributed by atoms with van der Waals surface area (Å²) < 4.78 is 18.4. The number of aromatic nitrogens is 2. The predicted octanol–water partition coefficient (Wildman–Crippen LogP) is 0.719. The molecule has 1 aromatic rings. The van der Waals surface area contributed by atoms with Crippen LogP contribution in [0.4, 0.5) is 10.2 Å². The summed E-state index contributed by atoms with van der Waals surface area (Å²) in [6, 6.07) is 0.158. The average Bonchev–Trinajstić information content (AvgIpc) is 2.52. The third-order valence-corrected chi connectivity index (χ3v) is 2.54. The minimum atomic E-state index is -0.616. The zero-order chi connectivity index (χ0) is 11.4. The number of halogens is 1. The van der Waals surface area contributed by atoms with Crippen LogP contribution in [-0.4, -0.2) is 29.2 Å². The van der Waals surface area contributed by atoms with E-state index in [-0.39, 0.29) is 17.9 Å². The number of nitrogen functional groups attached to an aromatic ring is 1. The topological polar surface area (TPSA) is 73.1 Å². The van der Waals surface area contributed by atoms with Crippen molar-refractivity contribution in [1.29, 1.82) is 0 Å². The van der Waals surface area contributed by atoms with Gasteiger partial charge in [0, 0.05) is 0 Å². The SMILES string of the molecule is Nc1nc(OC2CCCNCC2)ncc1F. The molecule has 1 aliphatic heterocycles. The van der Waals surface area contributed by atoms with Crippen molar-refractivity contribution in [2.45, 2.75) is 25.4 Å². The Morgan fingerprint density at radius 2 is 2.31 bits per heavy atom. The first-order chi connectivity index (χ1) is 7.75. The maximum atomic E-state index is 12.8. The Morgan fingerprint density at radius 1 is 1.44 bits per heavy atom. The van der Waals surface area contributed by atoms with E-state index in [1.807, 2.05) is 0 Å². The second-order valence-electron chi connectivity index (χ2n) is 3.81. The Morgan fingerprint density at radius 3 is 3.12 bits per heavy atom. The molecule has 1 unspecified atom stereocenters. The third kappa shape index (κ3) is 2.79. The second kappa shape index (κ2) is 5.07. The van der Waals surface area contributed by atoms with Crippen LogP contribution in [0.5, 0.6) is 6.01 Å². The lowest BCUT2D eigenvalue weighted by molar-refractivity contribution is 0.171. The zero-order valence-electron chi connectivity index (χ0n) is 8.95. The van der Waals surface area contributed by atoms with Crippen molar-refractivity contribution in [1.82, 2.24) is 15.3 Å². The van der Waals surface area contributed by atoms with E-state index in [1.54, 1.807) is 0 Å². The molecule has 1 aliphatic rings. The zero-order valence-corrected chi connectivity index (χ0v) is 8.95. The second-order valence-corrected chi connectivity index (χ2v) is 3.81. The van der Waals surface area contributed by atoms with E-state index in [1.165, 1.54) is 0 Å². The van der Waals surface area contributed by atoms with Crippen LogP contribution in [0.2, 0.25) is 0 Å². The van der Waals surface area contributed by atoms with Gasteiger partial charge in [0.2, 0.25) is 0 Å². The molecule has 16 heavy (non-hydrogen) atoms. The molecule has 88 valence electrons. The molecule has 0 saturated carbocycles. The van der Waals surface area contributed by atoms with Gasteiger partial charge in [0.25, 0.3) is 0 Å². The van der Waals surface area contributed by atoms with Gasteiger partial charge in [0.1, 0.15) is 6.10 Å². The van der Waals surface area contributed by atoms with Gasteiger partial charge >= 0.3 is 6.01 Å². The maximum Gasteiger partial charge on any atom is 0.318 e. The molecule has 1 atom stereocenters. The number of nitrogens with two attached hydrogens (primary N) is 1. The highest BCUT2D eigenvalue weighted by atomic mass is 19.1. The van der Waals surface area contributed by atoms with Gasteiger partial charge < -0.3 is 15.8 Å². The molecule has 0 aromatic carbocycles. The fraction of sp³-hybridized carbons (Fsp3) is 0.600. The Kier molecular flexibility index (Phi) is 3.51. The fourth-order valence-electron chi connectivity index (χ4n) is 1.67. The highest BCUT2D eigenvalue weighted by Gasteiger charge is 2.15. The summed E-state index contributed by atoms with van der Waals surface area (Å²) in [6.07, 6.45) is 4.03. The van der Waals surface area contributed by atoms with Crippen LogP contribution in [0.25, 0.3) is 0 Å². The summed E-state index contributed by atoms with van der Waals surface area (Å²) in [7, 11) is 0. The Balaban J connectivity index is 1.99. The maximum absolute atomic E-state index is 12.8. The number of ether oxygens (including phenoxy) is 1. The fourth-order valence-corrected chi connectivity index (χ4v) is 1.67. The summed E-state index contributed by atoms with van der Waals surface area (Å²) in [6.45, 7) is 1.92. The molecule has 2 heterocycles. The monoisotopic (exact) mass is 226 g/mol. The largest absolute Gasteiger partial charge is 0.460 e. The number of anilines is 1. The number of rotatable bonds is 2. The van der Waals surface area contributed by atoms with Crippen LogP contribution in [0, 0.1) is 5.82 Å². The van der Waals surface area contributed by atoms with E-state index in [0.29, 0.717) is 0 Å². The number of hydrogen-bond acceptors (Lipinski definition) is 5. The molecular formula is C10H15FN4O. The van der Waals surface area contributed by atoms with Crippen molar-refractivity contribution in [3.63, 3.8) is 0 Å². The minimum Gasteiger partial charge on any atom is -0.460 e. The van der Waals surface area contributed by atoms with E-state index in [2.05, 4.69) is 15.3 Å². The molecule has 5 nitrogen and oxygen atoms in total. The van der Waals surface area contributed by atoms with Crippen LogP contribution in [0.15, 0.2) is 6.20 Å². The van der Waals surface area contributed by atoms with Crippen molar-refractivity contribution < 1.29 is 9.13 Å². The lowest BCUT2D eigenvalue weighted by Crippen LogP contribution is -2.20. The first kappa shape index (κ1) is 11.1. The Labute approximate surface area is 93.2 Å². The lowest BCUT2D eigenvalue weighted by Gasteiger charge is -2.14. The molecule has 0 amide bonds. The van der Waals surface area contributed by atoms with Gasteiger partial charge in [0.05, 0.1) is 6.20 Å². The first-order valence-corrected chi connectivity index (χ1v) is 5.41. The van der Waals surface area contributed by atoms with Crippen LogP contribution in [-0.2, 0) is 0 Å². The van der Waals surface area contributed by atoms with E-state index in [9.17, 15) is 4.39 Å². The van der Waals surface area contributed by atoms with Gasteiger partial charge in [-0.1, -0.05) is 0 Å². The summed E-state index contributed by atoms with van der Waals surface area (Å²) in [5.41, 5.74) is 5.34. The van der Waals surface area contributed by atoms with E-state index in [4.69, 9.17) is 10.5 Å². The van der Waals surface area contributed by atoms with Crippen molar-refractivity contribution >= 4 is 5.82 Å². The van der Waals surface area contributed by atoms with Crippen LogP contribution in [0.3, 0.4) is 0 Å². The van der Waals surface area contributed by atoms with Crippen LogP contribution >= 0.6 is 0 Å². The van der Waals surface area contributed by atoms with Gasteiger partial charge in [-0.3, -0.25) is 0 Å². The van der Waals surface area contributed by atoms with Crippen molar-refractivity contribution in [2.75, 3.05) is 18.8 Å². The molecular weight excluding hydrogens is 211 g/mol. The summed E-state index contributed by atoms with van der Waals surface area (Å²) in [5.74, 6) is -0.786. The highest BCUT2D eigenvalue weighted by molar-refractivity contribution is 5.29. The normalized spacial score (nSPS) is 21.4. The third-order valence-electron chi connectivity index (χ3n) is 2.54. The molecule has 1 fully saturated rings. The Bertz CT molecular complexity index is 353. The van der Waals surface area contributed by atoms with Crippen LogP contribution in [0.1, 0.15) is 19.3 Å². The van der Waals surface area contributed by atoms with E-state index in [0.717, 1.165) is 38.5 Å². The first-order valence-electron chi connectivity index (χ1n) is 5.41. The standard InChI is InChI=1S/C10H15FN4O/c11-8-6-14-10(15-9(8)12)16-7-2-1-4-13-5-3-7/h6-7,13H,1-5H2,(H2,12,14,15). The van der Waals surface area contributed by atoms with Crippen molar-refractivity contribution in [2.24, 2.45) is 0 Å². The minimum absolute atomic E-state index is 0.0832. The van der Waals surface area contributed by atoms with Gasteiger partial charge in [0.15, 0.2) is 11.6 Å². The van der Waals surface area contributed by atoms with Gasteiger partial charge in [-0.2, -0.15) is 4.98 Å². The molecule has 0 bridgehead atoms. The van der Waals surface area contributed by atoms with Gasteiger partial charge in [-0.15, -0.1) is 0 Å². The van der Waals surface area contributed by atoms with E-state index >= 15 is 0 Å². The van der Waals surface area contributed by atoms with Gasteiger partial charge in [-0.25, -0.2) is 9.37 Å². The summed E-state index contributed by atoms with van der Waals surface area (Å²) >= 11 is 0. The number of nitrogens with zero attached hydrogens (tertiary/aromatic N) is 2. The van der Waals surface area contributed by atoms with Crippen LogP contribution < -0.4 is 15.8 Å². The average molecular weight is 226 g/mol. The molecule has 6 heteroatoms. The number of hydrogen-bond donors (Lipinski definition) is 2. The van der Waals surface area contributed by atoms with Crippen molar-refractivity contribution in [3.05, 3.63) is 12.0 Å². The molecule has 2 rings (SSSR count). The molecule has 1 aromatic heterocycles. The quantitative estimate of drug-likeness (QED) is 0.777. The highest BCUT2D eigenvalue weighted by Crippen LogP contribution is 2.15. The predicted molar refractivity (Wildman–Crippen MR) is 57.5 cm³/mol. The van der Waals surface area contributed by atoms with E-state index < -0.39 is 5.82 Å². The van der Waals surface area contributed by atoms with Gasteiger partial charge in [-0.05, 0) is 32.4 Å². The smallest absolute Gasteiger partial charge is 0.318 e. The molecule has 0 spiro atoms. The molecule has 0 radical (unpaired) electrons.